The number of ether oxygens (including phenoxy) is 1. The lowest BCUT2D eigenvalue weighted by atomic mass is 9.90. The number of hydrogen-bond donors (Lipinski definition) is 5. The van der Waals surface area contributed by atoms with Crippen molar-refractivity contribution in [3.05, 3.63) is 83.5 Å². The van der Waals surface area contributed by atoms with E-state index in [9.17, 15) is 25.2 Å². The third kappa shape index (κ3) is 6.62. The normalized spacial score (nSPS) is 20.7. The summed E-state index contributed by atoms with van der Waals surface area (Å²) in [5.74, 6) is 0.387. The Morgan fingerprint density at radius 1 is 0.940 bits per heavy atom. The fraction of sp³-hybridized carbons (Fsp3) is 0.405. The minimum absolute atomic E-state index is 0.0106. The zero-order valence-electron chi connectivity index (χ0n) is 28.7. The van der Waals surface area contributed by atoms with Gasteiger partial charge in [0.25, 0.3) is 5.91 Å². The SMILES string of the molecule is CCN(CC)c1ccc2c(-c3ccccc3C(=O)NCc3cn([C@@H]4O[C@H](CO)[C@@H](O)[C@H](O)[C@H]4O)nn3)c3ccc(=[N+](CC)CC)cc-3oc2c1. The van der Waals surface area contributed by atoms with Crippen molar-refractivity contribution in [2.45, 2.75) is 64.9 Å². The van der Waals surface area contributed by atoms with Gasteiger partial charge in [0.15, 0.2) is 6.23 Å². The Morgan fingerprint density at radius 3 is 2.42 bits per heavy atom. The number of aromatic nitrogens is 3. The van der Waals surface area contributed by atoms with Crippen LogP contribution in [0.2, 0.25) is 0 Å². The van der Waals surface area contributed by atoms with Gasteiger partial charge < -0.3 is 39.8 Å². The zero-order valence-corrected chi connectivity index (χ0v) is 28.7. The van der Waals surface area contributed by atoms with Gasteiger partial charge in [0.2, 0.25) is 5.36 Å². The molecular weight excluding hydrogens is 640 g/mol. The van der Waals surface area contributed by atoms with E-state index in [1.165, 1.54) is 10.9 Å². The van der Waals surface area contributed by atoms with Gasteiger partial charge in [-0.1, -0.05) is 23.4 Å². The zero-order chi connectivity index (χ0) is 35.5. The Bertz CT molecular complexity index is 2000. The van der Waals surface area contributed by atoms with E-state index in [0.717, 1.165) is 59.3 Å². The number of benzene rings is 3. The summed E-state index contributed by atoms with van der Waals surface area (Å²) in [6.45, 7) is 11.4. The monoisotopic (exact) mass is 685 g/mol. The van der Waals surface area contributed by atoms with Crippen molar-refractivity contribution in [3.8, 4) is 22.5 Å². The Kier molecular flexibility index (Phi) is 10.6. The molecule has 1 amide bonds. The molecule has 1 aromatic heterocycles. The third-order valence-electron chi connectivity index (χ3n) is 9.50. The van der Waals surface area contributed by atoms with Gasteiger partial charge in [-0.2, -0.15) is 0 Å². The maximum Gasteiger partial charge on any atom is 0.252 e. The van der Waals surface area contributed by atoms with Crippen LogP contribution in [0.5, 0.6) is 0 Å². The molecule has 1 aliphatic carbocycles. The van der Waals surface area contributed by atoms with Gasteiger partial charge in [0.1, 0.15) is 54.5 Å². The molecule has 50 heavy (non-hydrogen) atoms. The lowest BCUT2D eigenvalue weighted by molar-refractivity contribution is -0.254. The number of aliphatic hydroxyl groups excluding tert-OH is 4. The number of carbonyl (C=O) groups excluding carboxylic acids is 1. The quantitative estimate of drug-likeness (QED) is 0.103. The fourth-order valence-corrected chi connectivity index (χ4v) is 6.71. The largest absolute Gasteiger partial charge is 0.456 e. The van der Waals surface area contributed by atoms with Crippen LogP contribution in [-0.2, 0) is 11.3 Å². The molecule has 5 N–H and O–H groups in total. The second-order valence-electron chi connectivity index (χ2n) is 12.3. The predicted octanol–water partition coefficient (Wildman–Crippen LogP) is 2.36. The van der Waals surface area contributed by atoms with Crippen LogP contribution in [0.4, 0.5) is 5.69 Å². The molecule has 1 fully saturated rings. The summed E-state index contributed by atoms with van der Waals surface area (Å²) in [5.41, 5.74) is 5.11. The van der Waals surface area contributed by atoms with Crippen LogP contribution < -0.4 is 20.1 Å². The van der Waals surface area contributed by atoms with Crippen LogP contribution in [0.1, 0.15) is 50.0 Å². The molecule has 5 atom stereocenters. The van der Waals surface area contributed by atoms with Gasteiger partial charge >= 0.3 is 0 Å². The van der Waals surface area contributed by atoms with Crippen LogP contribution in [0.3, 0.4) is 0 Å². The first kappa shape index (κ1) is 35.2. The fourth-order valence-electron chi connectivity index (χ4n) is 6.71. The first-order valence-electron chi connectivity index (χ1n) is 17.1. The van der Waals surface area contributed by atoms with Gasteiger partial charge in [-0.3, -0.25) is 4.79 Å². The highest BCUT2D eigenvalue weighted by Crippen LogP contribution is 2.42. The number of nitrogens with zero attached hydrogens (tertiary/aromatic N) is 5. The highest BCUT2D eigenvalue weighted by molar-refractivity contribution is 6.09. The topological polar surface area (TPSA) is 169 Å². The molecule has 2 aliphatic heterocycles. The van der Waals surface area contributed by atoms with Crippen molar-refractivity contribution in [3.63, 3.8) is 0 Å². The molecule has 0 spiro atoms. The van der Waals surface area contributed by atoms with Crippen LogP contribution in [0, 0.1) is 0 Å². The molecule has 0 unspecified atom stereocenters. The van der Waals surface area contributed by atoms with E-state index < -0.39 is 37.3 Å². The number of nitrogens with one attached hydrogen (secondary N) is 1. The van der Waals surface area contributed by atoms with Crippen LogP contribution >= 0.6 is 0 Å². The minimum Gasteiger partial charge on any atom is -0.456 e. The van der Waals surface area contributed by atoms with E-state index in [0.29, 0.717) is 22.6 Å². The molecule has 2 aromatic carbocycles. The Balaban J connectivity index is 1.36. The first-order valence-corrected chi connectivity index (χ1v) is 17.1. The minimum atomic E-state index is -1.56. The van der Waals surface area contributed by atoms with Crippen molar-refractivity contribution >= 4 is 22.6 Å². The summed E-state index contributed by atoms with van der Waals surface area (Å²) in [4.78, 5) is 16.2. The van der Waals surface area contributed by atoms with Gasteiger partial charge in [0, 0.05) is 53.0 Å². The van der Waals surface area contributed by atoms with E-state index in [2.05, 4.69) is 89.2 Å². The third-order valence-corrected chi connectivity index (χ3v) is 9.50. The molecule has 3 heterocycles. The van der Waals surface area contributed by atoms with E-state index in [-0.39, 0.29) is 12.5 Å². The maximum atomic E-state index is 13.9. The average molecular weight is 686 g/mol. The van der Waals surface area contributed by atoms with E-state index in [1.807, 2.05) is 18.2 Å². The van der Waals surface area contributed by atoms with Crippen LogP contribution in [-0.4, -0.2) is 98.5 Å². The lowest BCUT2D eigenvalue weighted by Gasteiger charge is -2.39. The van der Waals surface area contributed by atoms with Crippen molar-refractivity contribution in [1.82, 2.24) is 24.9 Å². The van der Waals surface area contributed by atoms with Crippen molar-refractivity contribution in [1.29, 1.82) is 0 Å². The molecule has 1 saturated heterocycles. The highest BCUT2D eigenvalue weighted by Gasteiger charge is 2.44. The highest BCUT2D eigenvalue weighted by atomic mass is 16.6. The molecule has 0 radical (unpaired) electrons. The average Bonchev–Trinajstić information content (AvgIpc) is 3.61. The summed E-state index contributed by atoms with van der Waals surface area (Å²) >= 11 is 0. The second-order valence-corrected chi connectivity index (χ2v) is 12.3. The number of fused-ring (bicyclic) bond motifs is 2. The standard InChI is InChI=1S/C37H44N6O7/c1-5-41(6-2)23-13-15-27-29(17-23)49-30-18-24(42(7-3)8-4)14-16-28(30)32(27)25-11-9-10-12-26(25)36(48)38-19-22-20-43(40-39-22)37-35(47)34(46)33(45)31(21-44)50-37/h9-18,20,31,33-35,37,44-47H,5-8,19,21H2,1-4H3/p+1/t31-,33-,34+,35-,37-/m1/s1. The van der Waals surface area contributed by atoms with Gasteiger partial charge in [-0.25, -0.2) is 9.26 Å². The summed E-state index contributed by atoms with van der Waals surface area (Å²) in [6.07, 6.45) is -5.38. The predicted molar refractivity (Wildman–Crippen MR) is 188 cm³/mol. The van der Waals surface area contributed by atoms with E-state index in [1.54, 1.807) is 6.07 Å². The lowest BCUT2D eigenvalue weighted by Crippen LogP contribution is -2.56. The second kappa shape index (κ2) is 15.1. The molecular formula is C37H45N6O7+. The summed E-state index contributed by atoms with van der Waals surface area (Å²) in [5, 5.41) is 53.3. The van der Waals surface area contributed by atoms with Gasteiger partial charge in [-0.05, 0) is 57.5 Å². The van der Waals surface area contributed by atoms with Crippen LogP contribution in [0.15, 0.2) is 71.3 Å². The number of aliphatic hydroxyl groups is 4. The van der Waals surface area contributed by atoms with Crippen LogP contribution in [0.25, 0.3) is 33.4 Å². The molecule has 6 rings (SSSR count). The van der Waals surface area contributed by atoms with Gasteiger partial charge in [0.05, 0.1) is 25.4 Å². The number of carbonyl (C=O) groups is 1. The molecule has 13 heteroatoms. The Hall–Kier alpha value is -4.66. The van der Waals surface area contributed by atoms with E-state index in [4.69, 9.17) is 9.15 Å². The molecule has 0 bridgehead atoms. The Labute approximate surface area is 290 Å². The molecule has 3 aromatic rings. The summed E-state index contributed by atoms with van der Waals surface area (Å²) in [7, 11) is 0. The van der Waals surface area contributed by atoms with Crippen molar-refractivity contribution in [2.24, 2.45) is 0 Å². The van der Waals surface area contributed by atoms with Crippen molar-refractivity contribution in [2.75, 3.05) is 37.7 Å². The molecule has 3 aliphatic rings. The summed E-state index contributed by atoms with van der Waals surface area (Å²) in [6, 6.07) is 19.9. The maximum absolute atomic E-state index is 13.9. The number of amides is 1. The van der Waals surface area contributed by atoms with Gasteiger partial charge in [-0.15, -0.1) is 5.10 Å². The number of rotatable bonds is 11. The number of hydrogen-bond acceptors (Lipinski definition) is 10. The first-order chi connectivity index (χ1) is 24.2. The molecule has 0 saturated carbocycles. The summed E-state index contributed by atoms with van der Waals surface area (Å²) < 4.78 is 15.7. The van der Waals surface area contributed by atoms with E-state index >= 15 is 0 Å². The molecule has 264 valence electrons. The smallest absolute Gasteiger partial charge is 0.252 e. The Morgan fingerprint density at radius 2 is 1.70 bits per heavy atom. The van der Waals surface area contributed by atoms with Crippen molar-refractivity contribution < 1.29 is 34.4 Å². The number of anilines is 1. The molecule has 13 nitrogen and oxygen atoms in total.